The molecule has 4 rings (SSSR count). The van der Waals surface area contributed by atoms with Crippen molar-refractivity contribution in [3.8, 4) is 5.75 Å². The molecule has 2 heterocycles. The molecule has 31 heavy (non-hydrogen) atoms. The quantitative estimate of drug-likeness (QED) is 0.465. The molecule has 0 saturated carbocycles. The van der Waals surface area contributed by atoms with Crippen molar-refractivity contribution in [2.24, 2.45) is 0 Å². The number of fused-ring (bicyclic) bond motifs is 1. The number of nitrogens with zero attached hydrogens (tertiary/aromatic N) is 1. The molecule has 7 nitrogen and oxygen atoms in total. The molecule has 2 aromatic carbocycles. The van der Waals surface area contributed by atoms with E-state index in [1.54, 1.807) is 42.5 Å². The van der Waals surface area contributed by atoms with Crippen molar-refractivity contribution in [3.05, 3.63) is 84.0 Å². The van der Waals surface area contributed by atoms with Gasteiger partial charge in [-0.2, -0.15) is 0 Å². The molecule has 0 aliphatic rings. The van der Waals surface area contributed by atoms with Gasteiger partial charge in [-0.1, -0.05) is 24.3 Å². The van der Waals surface area contributed by atoms with E-state index in [-0.39, 0.29) is 22.7 Å². The van der Waals surface area contributed by atoms with Gasteiger partial charge in [-0.3, -0.25) is 14.6 Å². The lowest BCUT2D eigenvalue weighted by atomic mass is 10.1. The Kier molecular flexibility index (Phi) is 5.61. The number of ether oxygens (including phenoxy) is 1. The molecular formula is C23H18FN3O4. The van der Waals surface area contributed by atoms with E-state index in [4.69, 9.17) is 9.15 Å². The summed E-state index contributed by atoms with van der Waals surface area (Å²) in [5, 5.41) is 5.16. The monoisotopic (exact) mass is 419 g/mol. The van der Waals surface area contributed by atoms with Gasteiger partial charge in [0.05, 0.1) is 17.9 Å². The molecule has 0 saturated heterocycles. The van der Waals surface area contributed by atoms with E-state index < -0.39 is 17.6 Å². The highest BCUT2D eigenvalue weighted by atomic mass is 19.1. The van der Waals surface area contributed by atoms with Crippen LogP contribution in [0, 0.1) is 5.82 Å². The number of carbonyl (C=O) groups is 2. The van der Waals surface area contributed by atoms with Crippen molar-refractivity contribution >= 4 is 34.3 Å². The Morgan fingerprint density at radius 3 is 2.58 bits per heavy atom. The zero-order chi connectivity index (χ0) is 21.8. The zero-order valence-corrected chi connectivity index (χ0v) is 16.5. The van der Waals surface area contributed by atoms with Crippen LogP contribution in [0.2, 0.25) is 0 Å². The fraction of sp³-hybridized carbons (Fsp3) is 0.0870. The van der Waals surface area contributed by atoms with Crippen molar-refractivity contribution in [2.75, 3.05) is 17.2 Å². The first-order chi connectivity index (χ1) is 15.1. The van der Waals surface area contributed by atoms with Gasteiger partial charge in [0, 0.05) is 6.20 Å². The highest BCUT2D eigenvalue weighted by Gasteiger charge is 2.25. The average molecular weight is 419 g/mol. The Balaban J connectivity index is 1.71. The van der Waals surface area contributed by atoms with Gasteiger partial charge in [0.25, 0.3) is 11.8 Å². The summed E-state index contributed by atoms with van der Waals surface area (Å²) in [7, 11) is 0. The highest BCUT2D eigenvalue weighted by molar-refractivity contribution is 6.16. The van der Waals surface area contributed by atoms with Crippen LogP contribution < -0.4 is 15.4 Å². The third-order valence-electron chi connectivity index (χ3n) is 4.44. The summed E-state index contributed by atoms with van der Waals surface area (Å²) in [6, 6.07) is 15.7. The van der Waals surface area contributed by atoms with Gasteiger partial charge in [-0.05, 0) is 43.3 Å². The maximum absolute atomic E-state index is 14.0. The zero-order valence-electron chi connectivity index (χ0n) is 16.5. The lowest BCUT2D eigenvalue weighted by Crippen LogP contribution is -2.18. The van der Waals surface area contributed by atoms with Gasteiger partial charge >= 0.3 is 0 Å². The molecule has 8 heteroatoms. The molecule has 0 bridgehead atoms. The number of halogens is 1. The third kappa shape index (κ3) is 4.09. The predicted octanol–water partition coefficient (Wildman–Crippen LogP) is 4.87. The predicted molar refractivity (Wildman–Crippen MR) is 114 cm³/mol. The van der Waals surface area contributed by atoms with Crippen LogP contribution in [0.1, 0.15) is 27.8 Å². The van der Waals surface area contributed by atoms with Crippen molar-refractivity contribution in [2.45, 2.75) is 6.92 Å². The minimum Gasteiger partial charge on any atom is -0.493 e. The normalized spacial score (nSPS) is 10.6. The Morgan fingerprint density at radius 1 is 1.00 bits per heavy atom. The molecule has 2 N–H and O–H groups in total. The molecule has 0 spiro atoms. The van der Waals surface area contributed by atoms with Gasteiger partial charge in [0.1, 0.15) is 22.8 Å². The number of rotatable bonds is 6. The van der Waals surface area contributed by atoms with Crippen LogP contribution in [0.5, 0.6) is 5.75 Å². The number of furan rings is 1. The van der Waals surface area contributed by atoms with Crippen LogP contribution in [0.15, 0.2) is 71.3 Å². The maximum Gasteiger partial charge on any atom is 0.293 e. The van der Waals surface area contributed by atoms with Crippen LogP contribution in [-0.4, -0.2) is 23.4 Å². The summed E-state index contributed by atoms with van der Waals surface area (Å²) < 4.78 is 25.1. The van der Waals surface area contributed by atoms with Crippen LogP contribution in [0.4, 0.5) is 15.8 Å². The molecule has 0 aliphatic carbocycles. The standard InChI is InChI=1S/C23H18FN3O4/c1-2-30-17-11-6-3-8-14(17)22(28)27-20-19-18(12-7-13-25-19)31-21(20)23(29)26-16-10-5-4-9-15(16)24/h3-13H,2H2,1H3,(H,26,29)(H,27,28). The number of carbonyl (C=O) groups excluding carboxylic acids is 2. The smallest absolute Gasteiger partial charge is 0.293 e. The Bertz CT molecular complexity index is 1270. The third-order valence-corrected chi connectivity index (χ3v) is 4.44. The van der Waals surface area contributed by atoms with E-state index in [1.807, 2.05) is 6.92 Å². The highest BCUT2D eigenvalue weighted by Crippen LogP contribution is 2.31. The second-order valence-electron chi connectivity index (χ2n) is 6.47. The van der Waals surface area contributed by atoms with Crippen LogP contribution in [0.25, 0.3) is 11.1 Å². The number of amides is 2. The minimum absolute atomic E-state index is 0.0140. The van der Waals surface area contributed by atoms with Crippen molar-refractivity contribution < 1.29 is 23.1 Å². The molecule has 0 atom stereocenters. The van der Waals surface area contributed by atoms with Crippen LogP contribution in [0.3, 0.4) is 0 Å². The first-order valence-corrected chi connectivity index (χ1v) is 9.55. The van der Waals surface area contributed by atoms with E-state index in [9.17, 15) is 14.0 Å². The topological polar surface area (TPSA) is 93.5 Å². The summed E-state index contributed by atoms with van der Waals surface area (Å²) in [6.07, 6.45) is 1.51. The Labute approximate surface area is 176 Å². The number of aromatic nitrogens is 1. The fourth-order valence-corrected chi connectivity index (χ4v) is 3.06. The first-order valence-electron chi connectivity index (χ1n) is 9.55. The van der Waals surface area contributed by atoms with E-state index in [2.05, 4.69) is 15.6 Å². The molecule has 0 radical (unpaired) electrons. The van der Waals surface area contributed by atoms with Gasteiger partial charge in [-0.15, -0.1) is 0 Å². The molecule has 2 amide bonds. The molecule has 4 aromatic rings. The number of anilines is 2. The van der Waals surface area contributed by atoms with E-state index >= 15 is 0 Å². The molecule has 2 aromatic heterocycles. The Hall–Kier alpha value is -4.20. The van der Waals surface area contributed by atoms with E-state index in [0.717, 1.165) is 0 Å². The van der Waals surface area contributed by atoms with Crippen LogP contribution >= 0.6 is 0 Å². The minimum atomic E-state index is -0.725. The SMILES string of the molecule is CCOc1ccccc1C(=O)Nc1c(C(=O)Nc2ccccc2F)oc2cccnc12. The summed E-state index contributed by atoms with van der Waals surface area (Å²) in [6.45, 7) is 2.20. The van der Waals surface area contributed by atoms with Crippen molar-refractivity contribution in [1.82, 2.24) is 4.98 Å². The number of nitrogens with one attached hydrogen (secondary N) is 2. The summed E-state index contributed by atoms with van der Waals surface area (Å²) >= 11 is 0. The maximum atomic E-state index is 14.0. The lowest BCUT2D eigenvalue weighted by Gasteiger charge is -2.11. The van der Waals surface area contributed by atoms with Gasteiger partial charge < -0.3 is 19.8 Å². The second-order valence-corrected chi connectivity index (χ2v) is 6.47. The number of pyridine rings is 1. The second kappa shape index (κ2) is 8.66. The van der Waals surface area contributed by atoms with Crippen LogP contribution in [-0.2, 0) is 0 Å². The first kappa shape index (κ1) is 20.1. The molecule has 0 unspecified atom stereocenters. The fourth-order valence-electron chi connectivity index (χ4n) is 3.06. The summed E-state index contributed by atoms with van der Waals surface area (Å²) in [5.74, 6) is -1.62. The van der Waals surface area contributed by atoms with Crippen molar-refractivity contribution in [1.29, 1.82) is 0 Å². The number of hydrogen-bond donors (Lipinski definition) is 2. The summed E-state index contributed by atoms with van der Waals surface area (Å²) in [5.41, 5.74) is 0.953. The number of benzene rings is 2. The molecule has 156 valence electrons. The molecule has 0 aliphatic heterocycles. The molecule has 0 fully saturated rings. The lowest BCUT2D eigenvalue weighted by molar-refractivity contribution is 0.0999. The Morgan fingerprint density at radius 2 is 1.77 bits per heavy atom. The number of hydrogen-bond acceptors (Lipinski definition) is 5. The molecular weight excluding hydrogens is 401 g/mol. The summed E-state index contributed by atoms with van der Waals surface area (Å²) in [4.78, 5) is 30.1. The number of para-hydroxylation sites is 2. The largest absolute Gasteiger partial charge is 0.493 e. The average Bonchev–Trinajstić information content (AvgIpc) is 3.14. The van der Waals surface area contributed by atoms with Gasteiger partial charge in [-0.25, -0.2) is 4.39 Å². The van der Waals surface area contributed by atoms with E-state index in [1.165, 1.54) is 24.4 Å². The van der Waals surface area contributed by atoms with Gasteiger partial charge in [0.2, 0.25) is 5.76 Å². The van der Waals surface area contributed by atoms with Crippen molar-refractivity contribution in [3.63, 3.8) is 0 Å². The van der Waals surface area contributed by atoms with Gasteiger partial charge in [0.15, 0.2) is 5.58 Å². The van der Waals surface area contributed by atoms with E-state index in [0.29, 0.717) is 23.5 Å².